The Bertz CT molecular complexity index is 1070. The van der Waals surface area contributed by atoms with Gasteiger partial charge in [0.15, 0.2) is 5.79 Å². The second-order valence-electron chi connectivity index (χ2n) is 12.4. The topological polar surface area (TPSA) is 109 Å². The van der Waals surface area contributed by atoms with Gasteiger partial charge in [-0.25, -0.2) is 4.79 Å². The molecular weight excluding hydrogens is 516 g/mol. The van der Waals surface area contributed by atoms with Crippen LogP contribution in [0.3, 0.4) is 0 Å². The Morgan fingerprint density at radius 1 is 1.00 bits per heavy atom. The van der Waals surface area contributed by atoms with Gasteiger partial charge in [0, 0.05) is 4.92 Å². The fraction of sp³-hybridized carbons (Fsp3) is 0.552. The van der Waals surface area contributed by atoms with Crippen molar-refractivity contribution in [2.24, 2.45) is 0 Å². The van der Waals surface area contributed by atoms with E-state index in [1.807, 2.05) is 36.4 Å². The molecule has 2 aromatic rings. The number of hydrogen-bond donors (Lipinski definition) is 1. The number of hydrogen-bond acceptors (Lipinski definition) is 7. The Kier molecular flexibility index (Phi) is 9.26. The van der Waals surface area contributed by atoms with Gasteiger partial charge in [-0.05, 0) is 50.0 Å². The quantitative estimate of drug-likeness (QED) is 0.278. The summed E-state index contributed by atoms with van der Waals surface area (Å²) in [5.41, 5.74) is -0.763. The Balaban J connectivity index is 1.99. The van der Waals surface area contributed by atoms with E-state index in [1.54, 1.807) is 34.6 Å². The second-order valence-corrected chi connectivity index (χ2v) is 16.7. The van der Waals surface area contributed by atoms with Crippen molar-refractivity contribution in [2.75, 3.05) is 13.2 Å². The molecule has 39 heavy (non-hydrogen) atoms. The molecule has 9 nitrogen and oxygen atoms in total. The van der Waals surface area contributed by atoms with E-state index in [-0.39, 0.29) is 11.6 Å². The fourth-order valence-electron chi connectivity index (χ4n) is 5.15. The van der Waals surface area contributed by atoms with E-state index in [9.17, 15) is 14.9 Å². The largest absolute Gasteiger partial charge is 0.444 e. The smallest absolute Gasteiger partial charge is 0.408 e. The summed E-state index contributed by atoms with van der Waals surface area (Å²) in [6, 6.07) is 19.4. The molecular formula is C29H42N2O7Si. The summed E-state index contributed by atoms with van der Waals surface area (Å²) < 4.78 is 24.8. The number of alkyl carbamates (subject to hydrolysis) is 1. The first-order valence-corrected chi connectivity index (χ1v) is 15.2. The van der Waals surface area contributed by atoms with Crippen LogP contribution < -0.4 is 15.7 Å². The van der Waals surface area contributed by atoms with Gasteiger partial charge < -0.3 is 24.0 Å². The molecule has 10 heteroatoms. The van der Waals surface area contributed by atoms with Crippen LogP contribution in [0.4, 0.5) is 4.79 Å². The number of benzene rings is 2. The van der Waals surface area contributed by atoms with Gasteiger partial charge in [-0.2, -0.15) is 0 Å². The second kappa shape index (κ2) is 11.8. The van der Waals surface area contributed by atoms with Gasteiger partial charge in [-0.15, -0.1) is 0 Å². The number of ether oxygens (including phenoxy) is 3. The van der Waals surface area contributed by atoms with Crippen molar-refractivity contribution in [3.05, 3.63) is 70.8 Å². The minimum absolute atomic E-state index is 0.117. The van der Waals surface area contributed by atoms with E-state index in [4.69, 9.17) is 18.6 Å². The van der Waals surface area contributed by atoms with Crippen LogP contribution in [-0.2, 0) is 18.6 Å². The van der Waals surface area contributed by atoms with Gasteiger partial charge >= 0.3 is 6.09 Å². The van der Waals surface area contributed by atoms with Crippen molar-refractivity contribution in [1.29, 1.82) is 0 Å². The predicted molar refractivity (Wildman–Crippen MR) is 152 cm³/mol. The van der Waals surface area contributed by atoms with Crippen LogP contribution in [0.1, 0.15) is 55.4 Å². The molecule has 2 aromatic carbocycles. The maximum atomic E-state index is 12.6. The van der Waals surface area contributed by atoms with Crippen molar-refractivity contribution >= 4 is 24.8 Å². The molecule has 214 valence electrons. The molecule has 1 saturated heterocycles. The Morgan fingerprint density at radius 2 is 1.51 bits per heavy atom. The highest BCUT2D eigenvalue weighted by atomic mass is 28.4. The number of nitro groups is 1. The minimum Gasteiger partial charge on any atom is -0.444 e. The van der Waals surface area contributed by atoms with Crippen LogP contribution in [0.2, 0.25) is 5.04 Å². The zero-order valence-electron chi connectivity index (χ0n) is 24.2. The lowest BCUT2D eigenvalue weighted by molar-refractivity contribution is -0.485. The average molecular weight is 559 g/mol. The first-order valence-electron chi connectivity index (χ1n) is 13.3. The van der Waals surface area contributed by atoms with Gasteiger partial charge in [0.25, 0.3) is 8.32 Å². The molecule has 0 aliphatic carbocycles. The summed E-state index contributed by atoms with van der Waals surface area (Å²) in [7, 11) is -2.90. The third-order valence-electron chi connectivity index (χ3n) is 6.55. The molecule has 1 N–H and O–H groups in total. The molecule has 0 unspecified atom stereocenters. The molecule has 0 aromatic heterocycles. The van der Waals surface area contributed by atoms with E-state index in [0.717, 1.165) is 10.4 Å². The monoisotopic (exact) mass is 558 g/mol. The van der Waals surface area contributed by atoms with Crippen LogP contribution in [0.15, 0.2) is 60.7 Å². The number of amides is 1. The summed E-state index contributed by atoms with van der Waals surface area (Å²) >= 11 is 0. The molecule has 3 rings (SSSR count). The Morgan fingerprint density at radius 3 is 1.95 bits per heavy atom. The molecule has 0 saturated carbocycles. The minimum atomic E-state index is -2.90. The number of nitrogens with one attached hydrogen (secondary N) is 1. The molecule has 3 atom stereocenters. The summed E-state index contributed by atoms with van der Waals surface area (Å²) in [5.74, 6) is -1.03. The fourth-order valence-corrected chi connectivity index (χ4v) is 9.72. The summed E-state index contributed by atoms with van der Waals surface area (Å²) in [4.78, 5) is 23.8. The molecule has 1 aliphatic heterocycles. The van der Waals surface area contributed by atoms with Crippen LogP contribution in [0.25, 0.3) is 0 Å². The summed E-state index contributed by atoms with van der Waals surface area (Å²) in [6.45, 7) is 14.8. The van der Waals surface area contributed by atoms with Gasteiger partial charge in [-0.1, -0.05) is 81.4 Å². The van der Waals surface area contributed by atoms with Crippen molar-refractivity contribution in [3.8, 4) is 0 Å². The van der Waals surface area contributed by atoms with Crippen molar-refractivity contribution < 1.29 is 28.4 Å². The van der Waals surface area contributed by atoms with E-state index in [1.165, 1.54) is 0 Å². The zero-order chi connectivity index (χ0) is 29.1. The van der Waals surface area contributed by atoms with Crippen LogP contribution in [0, 0.1) is 10.1 Å². The normalized spacial score (nSPS) is 20.3. The number of rotatable bonds is 9. The molecule has 0 spiro atoms. The predicted octanol–water partition coefficient (Wildman–Crippen LogP) is 4.25. The van der Waals surface area contributed by atoms with Gasteiger partial charge in [0.1, 0.15) is 23.9 Å². The van der Waals surface area contributed by atoms with Crippen LogP contribution in [-0.4, -0.2) is 62.1 Å². The standard InChI is InChI=1S/C29H42N2O7Si/c1-27(2,3)38-26(32)30-23(19-31(33)34)25-24(36-29(7,8)37-25)20-35-39(28(4,5)6,21-15-11-9-12-16-21)22-17-13-10-14-18-22/h9-18,23-25H,19-20H2,1-8H3,(H,30,32)/t23-,24-,25-/m0/s1. The maximum absolute atomic E-state index is 12.6. The van der Waals surface area contributed by atoms with Gasteiger partial charge in [0.05, 0.1) is 6.61 Å². The van der Waals surface area contributed by atoms with E-state index in [2.05, 4.69) is 50.4 Å². The van der Waals surface area contributed by atoms with Crippen molar-refractivity contribution in [2.45, 2.75) is 90.1 Å². The number of nitrogens with zero attached hydrogens (tertiary/aromatic N) is 1. The molecule has 1 aliphatic rings. The lowest BCUT2D eigenvalue weighted by atomic mass is 10.1. The van der Waals surface area contributed by atoms with E-state index < -0.39 is 55.5 Å². The van der Waals surface area contributed by atoms with Crippen molar-refractivity contribution in [3.63, 3.8) is 0 Å². The first kappa shape index (κ1) is 30.7. The highest BCUT2D eigenvalue weighted by Crippen LogP contribution is 2.38. The number of carbonyl (C=O) groups excluding carboxylic acids is 1. The van der Waals surface area contributed by atoms with E-state index in [0.29, 0.717) is 0 Å². The molecule has 0 radical (unpaired) electrons. The lowest BCUT2D eigenvalue weighted by Crippen LogP contribution is -2.67. The Hall–Kier alpha value is -2.79. The highest BCUT2D eigenvalue weighted by molar-refractivity contribution is 6.99. The van der Waals surface area contributed by atoms with Gasteiger partial charge in [0.2, 0.25) is 6.54 Å². The molecule has 1 heterocycles. The van der Waals surface area contributed by atoms with Crippen molar-refractivity contribution in [1.82, 2.24) is 5.32 Å². The third kappa shape index (κ3) is 7.66. The van der Waals surface area contributed by atoms with Crippen LogP contribution in [0.5, 0.6) is 0 Å². The summed E-state index contributed by atoms with van der Waals surface area (Å²) in [6.07, 6.45) is -2.27. The SMILES string of the molecule is CC(C)(C)OC(=O)N[C@@H](C[N+](=O)[O-])[C@@H]1OC(C)(C)O[C@H]1CO[Si](c1ccccc1)(c1ccccc1)C(C)(C)C. The molecule has 0 bridgehead atoms. The summed E-state index contributed by atoms with van der Waals surface area (Å²) in [5, 5.41) is 16.2. The lowest BCUT2D eigenvalue weighted by Gasteiger charge is -2.43. The first-order chi connectivity index (χ1) is 18.0. The maximum Gasteiger partial charge on any atom is 0.408 e. The highest BCUT2D eigenvalue weighted by Gasteiger charge is 2.53. The number of carbonyl (C=O) groups is 1. The van der Waals surface area contributed by atoms with Gasteiger partial charge in [-0.3, -0.25) is 10.1 Å². The zero-order valence-corrected chi connectivity index (χ0v) is 25.2. The molecule has 1 fully saturated rings. The average Bonchev–Trinajstić information content (AvgIpc) is 3.12. The van der Waals surface area contributed by atoms with Crippen LogP contribution >= 0.6 is 0 Å². The molecule has 1 amide bonds. The van der Waals surface area contributed by atoms with E-state index >= 15 is 0 Å². The Labute approximate surface area is 232 Å². The third-order valence-corrected chi connectivity index (χ3v) is 11.6.